The third-order valence-electron chi connectivity index (χ3n) is 0.742. The van der Waals surface area contributed by atoms with Crippen LogP contribution in [0.5, 0.6) is 0 Å². The van der Waals surface area contributed by atoms with E-state index in [1.165, 1.54) is 6.92 Å². The van der Waals surface area contributed by atoms with Crippen molar-refractivity contribution in [2.24, 2.45) is 0 Å². The number of hydrogen-bond acceptors (Lipinski definition) is 2. The zero-order chi connectivity index (χ0) is 7.49. The van der Waals surface area contributed by atoms with Crippen LogP contribution in [0.25, 0.3) is 0 Å². The van der Waals surface area contributed by atoms with Gasteiger partial charge >= 0.3 is 0 Å². The highest BCUT2D eigenvalue weighted by Gasteiger charge is 2.23. The maximum atomic E-state index is 10.4. The van der Waals surface area contributed by atoms with E-state index in [1.807, 2.05) is 13.1 Å². The molecule has 0 fully saturated rings. The van der Waals surface area contributed by atoms with E-state index < -0.39 is 8.32 Å². The zero-order valence-electron chi connectivity index (χ0n) is 5.90. The van der Waals surface area contributed by atoms with Gasteiger partial charge in [0.05, 0.1) is 0 Å². The standard InChI is InChI=1S/C5H11IO2Si/c1-5(7)8-9(2,3)4-6/h4H2,1-3H3. The van der Waals surface area contributed by atoms with Gasteiger partial charge in [0.15, 0.2) is 0 Å². The van der Waals surface area contributed by atoms with Crippen molar-refractivity contribution in [1.29, 1.82) is 0 Å². The summed E-state index contributed by atoms with van der Waals surface area (Å²) in [7, 11) is -1.60. The van der Waals surface area contributed by atoms with Crippen LogP contribution in [0.4, 0.5) is 0 Å². The van der Waals surface area contributed by atoms with Crippen LogP contribution in [0, 0.1) is 0 Å². The van der Waals surface area contributed by atoms with Crippen LogP contribution < -0.4 is 0 Å². The number of carbonyl (C=O) groups excluding carboxylic acids is 1. The van der Waals surface area contributed by atoms with Crippen molar-refractivity contribution in [2.75, 3.05) is 4.05 Å². The molecule has 0 heterocycles. The molecule has 0 atom stereocenters. The highest BCUT2D eigenvalue weighted by molar-refractivity contribution is 14.1. The van der Waals surface area contributed by atoms with Gasteiger partial charge in [0.2, 0.25) is 0 Å². The molecule has 0 bridgehead atoms. The lowest BCUT2D eigenvalue weighted by Crippen LogP contribution is -2.34. The summed E-state index contributed by atoms with van der Waals surface area (Å²) in [5.74, 6) is -0.150. The molecule has 54 valence electrons. The highest BCUT2D eigenvalue weighted by Crippen LogP contribution is 2.07. The molecule has 4 heteroatoms. The first-order valence-corrected chi connectivity index (χ1v) is 7.37. The Hall–Kier alpha value is 0.417. The van der Waals surface area contributed by atoms with Crippen LogP contribution in [-0.2, 0) is 9.22 Å². The Labute approximate surface area is 70.2 Å². The minimum absolute atomic E-state index is 0.150. The Kier molecular flexibility index (Phi) is 3.72. The molecule has 0 aromatic rings. The second-order valence-electron chi connectivity index (χ2n) is 2.49. The zero-order valence-corrected chi connectivity index (χ0v) is 9.06. The molecule has 0 unspecified atom stereocenters. The molecule has 0 aliphatic rings. The predicted octanol–water partition coefficient (Wildman–Crippen LogP) is 1.73. The van der Waals surface area contributed by atoms with Crippen molar-refractivity contribution in [3.05, 3.63) is 0 Å². The Bertz CT molecular complexity index is 114. The van der Waals surface area contributed by atoms with E-state index in [-0.39, 0.29) is 5.97 Å². The van der Waals surface area contributed by atoms with E-state index in [0.29, 0.717) is 0 Å². The third-order valence-corrected chi connectivity index (χ3v) is 7.74. The molecule has 0 spiro atoms. The van der Waals surface area contributed by atoms with Gasteiger partial charge in [-0.1, -0.05) is 22.6 Å². The number of hydrogen-bond donors (Lipinski definition) is 0. The first kappa shape index (κ1) is 9.42. The van der Waals surface area contributed by atoms with Crippen LogP contribution in [0.3, 0.4) is 0 Å². The smallest absolute Gasteiger partial charge is 0.289 e. The normalized spacial score (nSPS) is 11.1. The summed E-state index contributed by atoms with van der Waals surface area (Å²) >= 11 is 2.25. The Morgan fingerprint density at radius 3 is 2.22 bits per heavy atom. The fourth-order valence-electron chi connectivity index (χ4n) is 0.416. The molecule has 0 rings (SSSR count). The molecule has 9 heavy (non-hydrogen) atoms. The fourth-order valence-corrected chi connectivity index (χ4v) is 1.72. The van der Waals surface area contributed by atoms with E-state index in [9.17, 15) is 4.79 Å². The minimum atomic E-state index is -1.60. The van der Waals surface area contributed by atoms with Crippen LogP contribution >= 0.6 is 22.6 Å². The van der Waals surface area contributed by atoms with Gasteiger partial charge in [0, 0.05) is 11.0 Å². The number of carbonyl (C=O) groups is 1. The van der Waals surface area contributed by atoms with Crippen LogP contribution in [0.1, 0.15) is 6.92 Å². The van der Waals surface area contributed by atoms with Crippen molar-refractivity contribution >= 4 is 36.9 Å². The minimum Gasteiger partial charge on any atom is -0.519 e. The Morgan fingerprint density at radius 1 is 1.67 bits per heavy atom. The molecule has 0 aliphatic heterocycles. The van der Waals surface area contributed by atoms with Crippen molar-refractivity contribution in [2.45, 2.75) is 20.0 Å². The van der Waals surface area contributed by atoms with Gasteiger partial charge in [-0.2, -0.15) is 0 Å². The monoisotopic (exact) mass is 258 g/mol. The van der Waals surface area contributed by atoms with Crippen LogP contribution in [0.15, 0.2) is 0 Å². The van der Waals surface area contributed by atoms with Gasteiger partial charge in [0.25, 0.3) is 14.3 Å². The number of halogens is 1. The lowest BCUT2D eigenvalue weighted by Gasteiger charge is -2.17. The second kappa shape index (κ2) is 3.55. The van der Waals surface area contributed by atoms with Gasteiger partial charge in [0.1, 0.15) is 0 Å². The molecule has 0 saturated carbocycles. The first-order valence-electron chi connectivity index (χ1n) is 2.73. The summed E-state index contributed by atoms with van der Waals surface area (Å²) in [5, 5.41) is 0. The second-order valence-corrected chi connectivity index (χ2v) is 8.77. The molecule has 0 amide bonds. The predicted molar refractivity (Wildman–Crippen MR) is 48.1 cm³/mol. The van der Waals surface area contributed by atoms with E-state index >= 15 is 0 Å². The SMILES string of the molecule is CC(=O)O[Si](C)(C)CI. The van der Waals surface area contributed by atoms with E-state index in [0.717, 1.165) is 4.05 Å². The maximum Gasteiger partial charge on any atom is 0.289 e. The average Bonchev–Trinajstić information content (AvgIpc) is 1.63. The number of rotatable bonds is 2. The van der Waals surface area contributed by atoms with E-state index in [2.05, 4.69) is 22.6 Å². The van der Waals surface area contributed by atoms with E-state index in [1.54, 1.807) is 0 Å². The summed E-state index contributed by atoms with van der Waals surface area (Å²) < 4.78 is 6.04. The van der Waals surface area contributed by atoms with Crippen molar-refractivity contribution < 1.29 is 9.22 Å². The highest BCUT2D eigenvalue weighted by atomic mass is 127. The molecular formula is C5H11IO2Si. The first-order chi connectivity index (χ1) is 3.98. The van der Waals surface area contributed by atoms with Gasteiger partial charge in [-0.05, 0) is 13.1 Å². The third kappa shape index (κ3) is 4.89. The summed E-state index contributed by atoms with van der Waals surface area (Å²) in [5.41, 5.74) is 0. The van der Waals surface area contributed by atoms with Crippen molar-refractivity contribution in [3.8, 4) is 0 Å². The average molecular weight is 258 g/mol. The summed E-state index contributed by atoms with van der Waals surface area (Å²) in [4.78, 5) is 10.4. The van der Waals surface area contributed by atoms with Gasteiger partial charge in [-0.25, -0.2) is 0 Å². The fraction of sp³-hybridized carbons (Fsp3) is 0.800. The molecule has 2 nitrogen and oxygen atoms in total. The summed E-state index contributed by atoms with van der Waals surface area (Å²) in [6, 6.07) is 0. The quantitative estimate of drug-likeness (QED) is 0.428. The summed E-state index contributed by atoms with van der Waals surface area (Å²) in [6.45, 7) is 5.52. The Balaban J connectivity index is 3.71. The molecule has 0 aromatic heterocycles. The summed E-state index contributed by atoms with van der Waals surface area (Å²) in [6.07, 6.45) is 0. The van der Waals surface area contributed by atoms with Gasteiger partial charge in [-0.3, -0.25) is 4.79 Å². The molecule has 0 aromatic carbocycles. The van der Waals surface area contributed by atoms with Crippen molar-refractivity contribution in [3.63, 3.8) is 0 Å². The van der Waals surface area contributed by atoms with Crippen LogP contribution in [0.2, 0.25) is 13.1 Å². The molecule has 0 saturated heterocycles. The molecule has 0 aliphatic carbocycles. The van der Waals surface area contributed by atoms with E-state index in [4.69, 9.17) is 4.43 Å². The number of alkyl halides is 1. The lowest BCUT2D eigenvalue weighted by molar-refractivity contribution is -0.132. The van der Waals surface area contributed by atoms with Crippen LogP contribution in [-0.4, -0.2) is 18.3 Å². The Morgan fingerprint density at radius 2 is 2.11 bits per heavy atom. The largest absolute Gasteiger partial charge is 0.519 e. The van der Waals surface area contributed by atoms with Gasteiger partial charge < -0.3 is 4.43 Å². The topological polar surface area (TPSA) is 26.3 Å². The van der Waals surface area contributed by atoms with Crippen molar-refractivity contribution in [1.82, 2.24) is 0 Å². The molecular weight excluding hydrogens is 247 g/mol. The lowest BCUT2D eigenvalue weighted by atomic mass is 10.9. The maximum absolute atomic E-state index is 10.4. The molecule has 0 radical (unpaired) electrons. The molecule has 0 N–H and O–H groups in total. The van der Waals surface area contributed by atoms with Gasteiger partial charge in [-0.15, -0.1) is 0 Å².